The molecule has 2 atom stereocenters. The second kappa shape index (κ2) is 6.92. The number of amides is 1. The molecule has 132 valence electrons. The number of hydrogen-bond acceptors (Lipinski definition) is 4. The molecule has 2 unspecified atom stereocenters. The zero-order valence-corrected chi connectivity index (χ0v) is 14.3. The topological polar surface area (TPSA) is 76.4 Å². The van der Waals surface area contributed by atoms with E-state index in [1.165, 1.54) is 12.8 Å². The van der Waals surface area contributed by atoms with Crippen LogP contribution in [0.15, 0.2) is 47.8 Å². The molecule has 0 radical (unpaired) electrons. The second-order valence-corrected chi connectivity index (χ2v) is 7.21. The van der Waals surface area contributed by atoms with Crippen molar-refractivity contribution in [1.82, 2.24) is 10.6 Å². The minimum Gasteiger partial charge on any atom is -0.490 e. The van der Waals surface area contributed by atoms with Gasteiger partial charge in [0.25, 0.3) is 5.91 Å². The van der Waals surface area contributed by atoms with E-state index in [0.717, 1.165) is 37.1 Å². The van der Waals surface area contributed by atoms with E-state index in [2.05, 4.69) is 10.6 Å². The minimum atomic E-state index is -0.143. The van der Waals surface area contributed by atoms with Crippen molar-refractivity contribution in [3.63, 3.8) is 0 Å². The third-order valence-electron chi connectivity index (χ3n) is 5.31. The molecular formula is C20H25N3O2. The van der Waals surface area contributed by atoms with Crippen LogP contribution in [0.1, 0.15) is 48.9 Å². The molecule has 4 rings (SSSR count). The fourth-order valence-electron chi connectivity index (χ4n) is 3.98. The van der Waals surface area contributed by atoms with E-state index in [1.807, 2.05) is 36.4 Å². The van der Waals surface area contributed by atoms with Crippen molar-refractivity contribution < 1.29 is 9.53 Å². The Balaban J connectivity index is 1.36. The molecule has 5 heteroatoms. The fourth-order valence-corrected chi connectivity index (χ4v) is 3.98. The predicted molar refractivity (Wildman–Crippen MR) is 97.1 cm³/mol. The van der Waals surface area contributed by atoms with Crippen molar-refractivity contribution in [1.29, 1.82) is 0 Å². The van der Waals surface area contributed by atoms with Crippen LogP contribution in [0.2, 0.25) is 0 Å². The maximum absolute atomic E-state index is 12.4. The summed E-state index contributed by atoms with van der Waals surface area (Å²) in [6.07, 6.45) is 10.5. The first-order chi connectivity index (χ1) is 12.2. The van der Waals surface area contributed by atoms with Crippen molar-refractivity contribution in [3.05, 3.63) is 53.4 Å². The Labute approximate surface area is 148 Å². The molecule has 2 fully saturated rings. The molecule has 1 aromatic carbocycles. The summed E-state index contributed by atoms with van der Waals surface area (Å²) < 4.78 is 6.13. The van der Waals surface area contributed by atoms with Crippen LogP contribution in [0.3, 0.4) is 0 Å². The summed E-state index contributed by atoms with van der Waals surface area (Å²) in [5, 5.41) is 6.50. The Kier molecular flexibility index (Phi) is 4.49. The Hall–Kier alpha value is -2.27. The summed E-state index contributed by atoms with van der Waals surface area (Å²) in [5.74, 6) is 0.690. The molecule has 1 aliphatic carbocycles. The van der Waals surface area contributed by atoms with E-state index in [9.17, 15) is 4.79 Å². The van der Waals surface area contributed by atoms with Crippen LogP contribution in [-0.4, -0.2) is 24.1 Å². The largest absolute Gasteiger partial charge is 0.490 e. The molecular weight excluding hydrogens is 314 g/mol. The van der Waals surface area contributed by atoms with Crippen LogP contribution in [-0.2, 0) is 0 Å². The number of nitrogens with one attached hydrogen (secondary N) is 2. The summed E-state index contributed by atoms with van der Waals surface area (Å²) in [5.41, 5.74) is 8.00. The first-order valence-electron chi connectivity index (χ1n) is 9.16. The van der Waals surface area contributed by atoms with E-state index in [4.69, 9.17) is 10.5 Å². The number of nitrogens with two attached hydrogens (primary N) is 1. The van der Waals surface area contributed by atoms with Crippen molar-refractivity contribution in [3.8, 4) is 5.75 Å². The molecule has 3 aliphatic rings. The van der Waals surface area contributed by atoms with Gasteiger partial charge in [-0.1, -0.05) is 6.08 Å². The highest BCUT2D eigenvalue weighted by atomic mass is 16.5. The molecule has 1 aromatic rings. The lowest BCUT2D eigenvalue weighted by Crippen LogP contribution is -2.42. The van der Waals surface area contributed by atoms with Gasteiger partial charge in [-0.05, 0) is 68.9 Å². The number of piperidine rings is 1. The van der Waals surface area contributed by atoms with E-state index in [-0.39, 0.29) is 12.0 Å². The molecule has 5 nitrogen and oxygen atoms in total. The number of carbonyl (C=O) groups is 1. The monoisotopic (exact) mass is 339 g/mol. The van der Waals surface area contributed by atoms with Crippen molar-refractivity contribution in [2.45, 2.75) is 56.7 Å². The van der Waals surface area contributed by atoms with Crippen LogP contribution in [0, 0.1) is 0 Å². The van der Waals surface area contributed by atoms with Crippen LogP contribution < -0.4 is 21.1 Å². The molecule has 2 bridgehead atoms. The maximum Gasteiger partial charge on any atom is 0.255 e. The van der Waals surface area contributed by atoms with Gasteiger partial charge in [0.05, 0.1) is 5.70 Å². The van der Waals surface area contributed by atoms with Gasteiger partial charge in [-0.25, -0.2) is 0 Å². The van der Waals surface area contributed by atoms with Gasteiger partial charge in [-0.2, -0.15) is 0 Å². The normalized spacial score (nSPS) is 28.1. The molecule has 4 N–H and O–H groups in total. The van der Waals surface area contributed by atoms with Gasteiger partial charge in [-0.15, -0.1) is 0 Å². The van der Waals surface area contributed by atoms with Crippen LogP contribution in [0.25, 0.3) is 0 Å². The number of hydrogen-bond donors (Lipinski definition) is 3. The van der Waals surface area contributed by atoms with Crippen molar-refractivity contribution in [2.75, 3.05) is 0 Å². The van der Waals surface area contributed by atoms with Gasteiger partial charge in [-0.3, -0.25) is 4.79 Å². The van der Waals surface area contributed by atoms with Gasteiger partial charge in [0, 0.05) is 23.3 Å². The van der Waals surface area contributed by atoms with E-state index < -0.39 is 0 Å². The van der Waals surface area contributed by atoms with Crippen LogP contribution >= 0.6 is 0 Å². The smallest absolute Gasteiger partial charge is 0.255 e. The average Bonchev–Trinajstić information content (AvgIpc) is 2.96. The highest BCUT2D eigenvalue weighted by Crippen LogP contribution is 2.29. The number of ether oxygens (including phenoxy) is 1. The number of carbonyl (C=O) groups excluding carboxylic acids is 1. The number of benzene rings is 1. The second-order valence-electron chi connectivity index (χ2n) is 7.21. The Morgan fingerprint density at radius 1 is 1.16 bits per heavy atom. The maximum atomic E-state index is 12.4. The third kappa shape index (κ3) is 3.71. The molecule has 25 heavy (non-hydrogen) atoms. The minimum absolute atomic E-state index is 0.143. The van der Waals surface area contributed by atoms with Gasteiger partial charge in [0.15, 0.2) is 0 Å². The number of rotatable bonds is 4. The van der Waals surface area contributed by atoms with Crippen molar-refractivity contribution >= 4 is 5.91 Å². The van der Waals surface area contributed by atoms with E-state index in [1.54, 1.807) is 0 Å². The lowest BCUT2D eigenvalue weighted by atomic mass is 10.0. The summed E-state index contributed by atoms with van der Waals surface area (Å²) in [6.45, 7) is 0. The summed E-state index contributed by atoms with van der Waals surface area (Å²) in [4.78, 5) is 12.4. The molecule has 2 saturated heterocycles. The molecule has 1 amide bonds. The molecule has 2 heterocycles. The van der Waals surface area contributed by atoms with E-state index >= 15 is 0 Å². The zero-order chi connectivity index (χ0) is 17.2. The quantitative estimate of drug-likeness (QED) is 0.788. The highest BCUT2D eigenvalue weighted by Gasteiger charge is 2.34. The lowest BCUT2D eigenvalue weighted by molar-refractivity contribution is 0.0966. The van der Waals surface area contributed by atoms with Gasteiger partial charge in [0.2, 0.25) is 0 Å². The Bertz CT molecular complexity index is 696. The summed E-state index contributed by atoms with van der Waals surface area (Å²) in [6, 6.07) is 8.60. The standard InChI is InChI=1S/C20H25N3O2/c21-18-3-1-2-4-19(18)23-20(24)13-5-9-16(10-6-13)25-17-11-14-7-8-15(12-17)22-14/h2,4-6,9-10,14-15,17,22H,1,3,7-8,11-12,21H2,(H,23,24). The van der Waals surface area contributed by atoms with Crippen molar-refractivity contribution in [2.24, 2.45) is 5.73 Å². The zero-order valence-electron chi connectivity index (χ0n) is 14.3. The molecule has 2 aliphatic heterocycles. The average molecular weight is 339 g/mol. The predicted octanol–water partition coefficient (Wildman–Crippen LogP) is 2.60. The van der Waals surface area contributed by atoms with Crippen LogP contribution in [0.5, 0.6) is 5.75 Å². The molecule has 0 spiro atoms. The van der Waals surface area contributed by atoms with Gasteiger partial charge < -0.3 is 21.1 Å². The van der Waals surface area contributed by atoms with Gasteiger partial charge in [0.1, 0.15) is 11.9 Å². The SMILES string of the molecule is NC1=C(NC(=O)c2ccc(OC3CC4CCC(C3)N4)cc2)C=CCC1. The first kappa shape index (κ1) is 16.2. The summed E-state index contributed by atoms with van der Waals surface area (Å²) in [7, 11) is 0. The molecule has 0 aromatic heterocycles. The first-order valence-corrected chi connectivity index (χ1v) is 9.16. The fraction of sp³-hybridized carbons (Fsp3) is 0.450. The molecule has 0 saturated carbocycles. The Morgan fingerprint density at radius 2 is 1.88 bits per heavy atom. The third-order valence-corrected chi connectivity index (χ3v) is 5.31. The lowest BCUT2D eigenvalue weighted by Gasteiger charge is -2.29. The number of fused-ring (bicyclic) bond motifs is 2. The Morgan fingerprint density at radius 3 is 2.56 bits per heavy atom. The summed E-state index contributed by atoms with van der Waals surface area (Å²) >= 11 is 0. The van der Waals surface area contributed by atoms with Crippen LogP contribution in [0.4, 0.5) is 0 Å². The number of allylic oxidation sites excluding steroid dienone is 3. The highest BCUT2D eigenvalue weighted by molar-refractivity contribution is 5.95. The van der Waals surface area contributed by atoms with Gasteiger partial charge >= 0.3 is 0 Å². The van der Waals surface area contributed by atoms with E-state index in [0.29, 0.717) is 23.3 Å².